The van der Waals surface area contributed by atoms with Crippen LogP contribution in [0.4, 0.5) is 11.4 Å². The van der Waals surface area contributed by atoms with E-state index in [9.17, 15) is 14.9 Å². The Morgan fingerprint density at radius 2 is 1.87 bits per heavy atom. The topological polar surface area (TPSA) is 99.2 Å². The first-order valence-corrected chi connectivity index (χ1v) is 10.5. The average molecular weight is 451 g/mol. The highest BCUT2D eigenvalue weighted by atomic mass is 35.5. The quantitative estimate of drug-likeness (QED) is 0.670. The lowest BCUT2D eigenvalue weighted by atomic mass is 9.64. The number of benzene rings is 2. The number of carbonyl (C=O) groups is 2. The molecule has 0 bridgehead atoms. The van der Waals surface area contributed by atoms with E-state index in [1.165, 1.54) is 0 Å². The smallest absolute Gasteiger partial charge is 0.245 e. The van der Waals surface area contributed by atoms with E-state index in [-0.39, 0.29) is 34.2 Å². The van der Waals surface area contributed by atoms with Crippen LogP contribution in [0.25, 0.3) is 0 Å². The third-order valence-corrected chi connectivity index (χ3v) is 6.91. The van der Waals surface area contributed by atoms with Crippen molar-refractivity contribution in [2.24, 2.45) is 5.73 Å². The van der Waals surface area contributed by atoms with Crippen LogP contribution in [0.3, 0.4) is 0 Å². The summed E-state index contributed by atoms with van der Waals surface area (Å²) in [5.41, 5.74) is 7.42. The van der Waals surface area contributed by atoms with Crippen molar-refractivity contribution in [2.75, 3.05) is 10.2 Å². The lowest BCUT2D eigenvalue weighted by Crippen LogP contribution is -2.50. The molecule has 0 saturated heterocycles. The molecule has 0 unspecified atom stereocenters. The second-order valence-corrected chi connectivity index (χ2v) is 8.41. The minimum atomic E-state index is -1.58. The molecular formula is C23H16Cl2N4O2. The van der Waals surface area contributed by atoms with Crippen LogP contribution in [0.5, 0.6) is 0 Å². The highest BCUT2D eigenvalue weighted by Crippen LogP contribution is 2.55. The van der Waals surface area contributed by atoms with Crippen LogP contribution in [0, 0.1) is 11.3 Å². The standard InChI is InChI=1S/C23H16Cl2N4O2/c24-14-6-3-9-17(20(14)25)29-16-8-4-10-18(30)19(16)23(13(11-26)21(29)27)12-5-1-2-7-15(12)28-22(23)31/h1-3,5-7,9H,4,8,10,27H2,(H,28,31)/t23-/m0/s1. The number of rotatable bonds is 1. The zero-order valence-corrected chi connectivity index (χ0v) is 17.7. The first-order chi connectivity index (χ1) is 14.9. The van der Waals surface area contributed by atoms with E-state index >= 15 is 0 Å². The largest absolute Gasteiger partial charge is 0.384 e. The number of carbonyl (C=O) groups excluding carboxylic acids is 2. The van der Waals surface area contributed by atoms with Crippen LogP contribution in [0.1, 0.15) is 24.8 Å². The molecule has 1 atom stereocenters. The molecule has 0 aromatic heterocycles. The normalized spacial score (nSPS) is 22.4. The number of nitriles is 1. The minimum absolute atomic E-state index is 0.00000724. The first kappa shape index (κ1) is 19.7. The molecule has 0 fully saturated rings. The molecule has 1 spiro atoms. The van der Waals surface area contributed by atoms with Crippen molar-refractivity contribution in [1.29, 1.82) is 5.26 Å². The predicted molar refractivity (Wildman–Crippen MR) is 118 cm³/mol. The number of allylic oxidation sites excluding steroid dienone is 1. The van der Waals surface area contributed by atoms with Gasteiger partial charge in [0.15, 0.2) is 5.78 Å². The van der Waals surface area contributed by atoms with Crippen molar-refractivity contribution in [3.05, 3.63) is 80.7 Å². The molecule has 1 amide bonds. The van der Waals surface area contributed by atoms with Gasteiger partial charge in [-0.1, -0.05) is 47.5 Å². The van der Waals surface area contributed by atoms with E-state index in [0.29, 0.717) is 40.5 Å². The van der Waals surface area contributed by atoms with Crippen molar-refractivity contribution >= 4 is 46.3 Å². The van der Waals surface area contributed by atoms with Gasteiger partial charge in [0.05, 0.1) is 21.3 Å². The zero-order valence-electron chi connectivity index (χ0n) is 16.2. The number of anilines is 2. The highest BCUT2D eigenvalue weighted by Gasteiger charge is 2.60. The predicted octanol–water partition coefficient (Wildman–Crippen LogP) is 4.40. The van der Waals surface area contributed by atoms with Crippen molar-refractivity contribution in [2.45, 2.75) is 24.7 Å². The van der Waals surface area contributed by atoms with Crippen molar-refractivity contribution < 1.29 is 9.59 Å². The fourth-order valence-electron chi connectivity index (χ4n) is 4.89. The second-order valence-electron chi connectivity index (χ2n) is 7.63. The number of para-hydroxylation sites is 1. The number of nitrogens with zero attached hydrogens (tertiary/aromatic N) is 2. The van der Waals surface area contributed by atoms with E-state index in [4.69, 9.17) is 28.9 Å². The fourth-order valence-corrected chi connectivity index (χ4v) is 5.27. The van der Waals surface area contributed by atoms with Gasteiger partial charge in [0.25, 0.3) is 0 Å². The van der Waals surface area contributed by atoms with Crippen molar-refractivity contribution in [3.63, 3.8) is 0 Å². The molecule has 154 valence electrons. The van der Waals surface area contributed by atoms with E-state index in [1.54, 1.807) is 47.4 Å². The van der Waals surface area contributed by atoms with Gasteiger partial charge in [-0.2, -0.15) is 5.26 Å². The molecule has 6 nitrogen and oxygen atoms in total. The van der Waals surface area contributed by atoms with Gasteiger partial charge in [0, 0.05) is 28.9 Å². The van der Waals surface area contributed by atoms with E-state index in [0.717, 1.165) is 0 Å². The van der Waals surface area contributed by atoms with Gasteiger partial charge in [-0.15, -0.1) is 0 Å². The lowest BCUT2D eigenvalue weighted by molar-refractivity contribution is -0.122. The Bertz CT molecular complexity index is 1290. The van der Waals surface area contributed by atoms with Gasteiger partial charge in [0.1, 0.15) is 17.3 Å². The number of nitrogens with one attached hydrogen (secondary N) is 1. The zero-order chi connectivity index (χ0) is 21.9. The summed E-state index contributed by atoms with van der Waals surface area (Å²) in [6, 6.07) is 14.3. The van der Waals surface area contributed by atoms with E-state index < -0.39 is 11.3 Å². The average Bonchev–Trinajstić information content (AvgIpc) is 3.04. The summed E-state index contributed by atoms with van der Waals surface area (Å²) in [5.74, 6) is -0.573. The summed E-state index contributed by atoms with van der Waals surface area (Å²) in [7, 11) is 0. The Morgan fingerprint density at radius 1 is 1.10 bits per heavy atom. The molecular weight excluding hydrogens is 435 g/mol. The van der Waals surface area contributed by atoms with Gasteiger partial charge in [0.2, 0.25) is 5.91 Å². The number of hydrogen-bond donors (Lipinski definition) is 2. The van der Waals surface area contributed by atoms with Crippen LogP contribution in [-0.2, 0) is 15.0 Å². The Labute approximate surface area is 188 Å². The molecule has 31 heavy (non-hydrogen) atoms. The first-order valence-electron chi connectivity index (χ1n) is 9.75. The molecule has 8 heteroatoms. The van der Waals surface area contributed by atoms with Gasteiger partial charge < -0.3 is 11.1 Å². The summed E-state index contributed by atoms with van der Waals surface area (Å²) in [6.07, 6.45) is 1.38. The van der Waals surface area contributed by atoms with E-state index in [2.05, 4.69) is 11.4 Å². The Balaban J connectivity index is 1.90. The van der Waals surface area contributed by atoms with Gasteiger partial charge in [-0.3, -0.25) is 14.5 Å². The number of fused-ring (bicyclic) bond motifs is 3. The summed E-state index contributed by atoms with van der Waals surface area (Å²) in [6.45, 7) is 0. The molecule has 5 rings (SSSR count). The minimum Gasteiger partial charge on any atom is -0.384 e. The maximum atomic E-state index is 13.5. The fraction of sp³-hybridized carbons (Fsp3) is 0.174. The third kappa shape index (κ3) is 2.45. The molecule has 3 N–H and O–H groups in total. The number of nitrogens with two attached hydrogens (primary N) is 1. The molecule has 0 saturated carbocycles. The van der Waals surface area contributed by atoms with Crippen LogP contribution >= 0.6 is 23.2 Å². The summed E-state index contributed by atoms with van der Waals surface area (Å²) in [4.78, 5) is 28.4. The third-order valence-electron chi connectivity index (χ3n) is 6.11. The molecule has 2 aromatic rings. The van der Waals surface area contributed by atoms with Crippen LogP contribution in [-0.4, -0.2) is 11.7 Å². The lowest BCUT2D eigenvalue weighted by Gasteiger charge is -2.43. The van der Waals surface area contributed by atoms with Crippen LogP contribution < -0.4 is 16.0 Å². The molecule has 2 aromatic carbocycles. The van der Waals surface area contributed by atoms with Crippen LogP contribution in [0.2, 0.25) is 10.0 Å². The number of hydrogen-bond acceptors (Lipinski definition) is 5. The summed E-state index contributed by atoms with van der Waals surface area (Å²) < 4.78 is 0. The summed E-state index contributed by atoms with van der Waals surface area (Å²) in [5, 5.41) is 13.6. The van der Waals surface area contributed by atoms with Crippen LogP contribution in [0.15, 0.2) is 65.1 Å². The maximum absolute atomic E-state index is 13.5. The van der Waals surface area contributed by atoms with E-state index in [1.807, 2.05) is 0 Å². The molecule has 0 radical (unpaired) electrons. The Morgan fingerprint density at radius 3 is 2.65 bits per heavy atom. The molecule has 3 aliphatic rings. The Hall–Kier alpha value is -3.27. The van der Waals surface area contributed by atoms with Gasteiger partial charge in [-0.25, -0.2) is 0 Å². The number of amides is 1. The number of halogens is 2. The SMILES string of the molecule is N#CC1=C(N)N(c2cccc(Cl)c2Cl)C2=C(C(=O)CCC2)[C@@]12C(=O)Nc1ccccc12. The highest BCUT2D eigenvalue weighted by molar-refractivity contribution is 6.43. The molecule has 2 aliphatic heterocycles. The Kier molecular flexibility index (Phi) is 4.37. The molecule has 1 aliphatic carbocycles. The van der Waals surface area contributed by atoms with Gasteiger partial charge >= 0.3 is 0 Å². The number of Topliss-reactive ketones (excluding diaryl/α,β-unsaturated/α-hetero) is 1. The van der Waals surface area contributed by atoms with Gasteiger partial charge in [-0.05, 0) is 31.0 Å². The number of ketones is 1. The van der Waals surface area contributed by atoms with Crippen molar-refractivity contribution in [1.82, 2.24) is 0 Å². The second kappa shape index (κ2) is 6.88. The van der Waals surface area contributed by atoms with Crippen molar-refractivity contribution in [3.8, 4) is 6.07 Å². The molecule has 2 heterocycles. The maximum Gasteiger partial charge on any atom is 0.245 e. The monoisotopic (exact) mass is 450 g/mol. The summed E-state index contributed by atoms with van der Waals surface area (Å²) >= 11 is 12.7.